The molecular weight excluding hydrogens is 160 g/mol. The summed E-state index contributed by atoms with van der Waals surface area (Å²) < 4.78 is 0. The third-order valence-corrected chi connectivity index (χ3v) is 2.32. The normalized spacial score (nSPS) is 9.55. The third kappa shape index (κ3) is 2.23. The summed E-state index contributed by atoms with van der Waals surface area (Å²) in [5, 5.41) is 6.58. The van der Waals surface area contributed by atoms with Gasteiger partial charge in [-0.2, -0.15) is 11.3 Å². The second-order valence-corrected chi connectivity index (χ2v) is 3.04. The van der Waals surface area contributed by atoms with Crippen LogP contribution >= 0.6 is 11.3 Å². The Labute approximate surface area is 69.2 Å². The van der Waals surface area contributed by atoms with Crippen molar-refractivity contribution in [3.05, 3.63) is 21.9 Å². The van der Waals surface area contributed by atoms with Crippen molar-refractivity contribution in [1.82, 2.24) is 5.32 Å². The monoisotopic (exact) mass is 170 g/mol. The summed E-state index contributed by atoms with van der Waals surface area (Å²) in [6, 6.07) is -0.476. The van der Waals surface area contributed by atoms with E-state index in [-0.39, 0.29) is 0 Å². The standard InChI is InChI=1S/C7H10N2OS/c1-5-3-11-4-6(5)2-9-7(8)10/h3-4H,2H2,1H3,(H3,8,9,10). The molecule has 1 aromatic heterocycles. The van der Waals surface area contributed by atoms with Gasteiger partial charge in [-0.15, -0.1) is 0 Å². The lowest BCUT2D eigenvalue weighted by molar-refractivity contribution is 0.248. The maximum Gasteiger partial charge on any atom is 0.312 e. The van der Waals surface area contributed by atoms with Crippen molar-refractivity contribution in [3.8, 4) is 0 Å². The Morgan fingerprint density at radius 1 is 1.73 bits per heavy atom. The molecule has 1 rings (SSSR count). The summed E-state index contributed by atoms with van der Waals surface area (Å²) in [5.74, 6) is 0. The molecule has 0 aliphatic rings. The van der Waals surface area contributed by atoms with Crippen LogP contribution in [0.2, 0.25) is 0 Å². The molecule has 0 radical (unpaired) electrons. The number of rotatable bonds is 2. The van der Waals surface area contributed by atoms with E-state index in [4.69, 9.17) is 5.73 Å². The van der Waals surface area contributed by atoms with Gasteiger partial charge in [0.15, 0.2) is 0 Å². The molecule has 0 fully saturated rings. The molecule has 1 heterocycles. The van der Waals surface area contributed by atoms with Crippen LogP contribution in [0.4, 0.5) is 4.79 Å². The van der Waals surface area contributed by atoms with E-state index in [1.165, 1.54) is 5.56 Å². The first-order chi connectivity index (χ1) is 5.20. The maximum absolute atomic E-state index is 10.3. The van der Waals surface area contributed by atoms with Crippen LogP contribution in [0.5, 0.6) is 0 Å². The van der Waals surface area contributed by atoms with Crippen LogP contribution in [0.3, 0.4) is 0 Å². The summed E-state index contributed by atoms with van der Waals surface area (Å²) in [7, 11) is 0. The lowest BCUT2D eigenvalue weighted by atomic mass is 10.2. The highest BCUT2D eigenvalue weighted by Gasteiger charge is 1.98. The number of amides is 2. The van der Waals surface area contributed by atoms with Crippen molar-refractivity contribution in [2.24, 2.45) is 5.73 Å². The predicted octanol–water partition coefficient (Wildman–Crippen LogP) is 1.22. The summed E-state index contributed by atoms with van der Waals surface area (Å²) in [4.78, 5) is 10.3. The fourth-order valence-corrected chi connectivity index (χ4v) is 1.61. The molecule has 0 unspecified atom stereocenters. The number of carbonyl (C=O) groups excluding carboxylic acids is 1. The molecule has 3 nitrogen and oxygen atoms in total. The van der Waals surface area contributed by atoms with Crippen molar-refractivity contribution in [2.75, 3.05) is 0 Å². The first-order valence-corrected chi connectivity index (χ1v) is 4.19. The van der Waals surface area contributed by atoms with E-state index >= 15 is 0 Å². The zero-order chi connectivity index (χ0) is 8.27. The van der Waals surface area contributed by atoms with Crippen molar-refractivity contribution in [2.45, 2.75) is 13.5 Å². The van der Waals surface area contributed by atoms with Gasteiger partial charge in [0.25, 0.3) is 0 Å². The smallest absolute Gasteiger partial charge is 0.312 e. The Morgan fingerprint density at radius 2 is 2.45 bits per heavy atom. The van der Waals surface area contributed by atoms with Crippen LogP contribution < -0.4 is 11.1 Å². The molecule has 0 saturated heterocycles. The van der Waals surface area contributed by atoms with Crippen LogP contribution in [0.15, 0.2) is 10.8 Å². The number of hydrogen-bond acceptors (Lipinski definition) is 2. The number of urea groups is 1. The Balaban J connectivity index is 2.51. The highest BCUT2D eigenvalue weighted by Crippen LogP contribution is 2.12. The van der Waals surface area contributed by atoms with Gasteiger partial charge in [-0.1, -0.05) is 0 Å². The highest BCUT2D eigenvalue weighted by atomic mass is 32.1. The molecule has 0 saturated carbocycles. The second-order valence-electron chi connectivity index (χ2n) is 2.30. The Morgan fingerprint density at radius 3 is 2.91 bits per heavy atom. The van der Waals surface area contributed by atoms with Gasteiger partial charge in [0.1, 0.15) is 0 Å². The topological polar surface area (TPSA) is 55.1 Å². The van der Waals surface area contributed by atoms with Crippen molar-refractivity contribution in [3.63, 3.8) is 0 Å². The van der Waals surface area contributed by atoms with Gasteiger partial charge >= 0.3 is 6.03 Å². The fourth-order valence-electron chi connectivity index (χ4n) is 0.750. The zero-order valence-corrected chi connectivity index (χ0v) is 7.07. The quantitative estimate of drug-likeness (QED) is 0.689. The molecule has 11 heavy (non-hydrogen) atoms. The average Bonchev–Trinajstić information content (AvgIpc) is 2.31. The summed E-state index contributed by atoms with van der Waals surface area (Å²) >= 11 is 1.63. The number of carbonyl (C=O) groups is 1. The zero-order valence-electron chi connectivity index (χ0n) is 6.26. The van der Waals surface area contributed by atoms with Crippen molar-refractivity contribution in [1.29, 1.82) is 0 Å². The largest absolute Gasteiger partial charge is 0.352 e. The lowest BCUT2D eigenvalue weighted by Crippen LogP contribution is -2.28. The Bertz CT molecular complexity index is 257. The van der Waals surface area contributed by atoms with E-state index < -0.39 is 6.03 Å². The Hall–Kier alpha value is -1.03. The van der Waals surface area contributed by atoms with E-state index in [0.717, 1.165) is 5.56 Å². The van der Waals surface area contributed by atoms with Gasteiger partial charge in [-0.05, 0) is 28.8 Å². The van der Waals surface area contributed by atoms with Crippen LogP contribution in [-0.2, 0) is 6.54 Å². The number of hydrogen-bond donors (Lipinski definition) is 2. The van der Waals surface area contributed by atoms with Gasteiger partial charge in [-0.3, -0.25) is 0 Å². The Kier molecular flexibility index (Phi) is 2.48. The van der Waals surface area contributed by atoms with E-state index in [2.05, 4.69) is 5.32 Å². The molecule has 3 N–H and O–H groups in total. The van der Waals surface area contributed by atoms with Crippen LogP contribution in [0.25, 0.3) is 0 Å². The third-order valence-electron chi connectivity index (χ3n) is 1.41. The van der Waals surface area contributed by atoms with Crippen molar-refractivity contribution < 1.29 is 4.79 Å². The van der Waals surface area contributed by atoms with Crippen molar-refractivity contribution >= 4 is 17.4 Å². The summed E-state index contributed by atoms with van der Waals surface area (Å²) in [6.45, 7) is 2.54. The summed E-state index contributed by atoms with van der Waals surface area (Å²) in [6.07, 6.45) is 0. The molecule has 60 valence electrons. The van der Waals surface area contributed by atoms with E-state index in [1.807, 2.05) is 17.7 Å². The average molecular weight is 170 g/mol. The van der Waals surface area contributed by atoms with Gasteiger partial charge < -0.3 is 11.1 Å². The number of thiophene rings is 1. The van der Waals surface area contributed by atoms with Crippen LogP contribution in [0.1, 0.15) is 11.1 Å². The molecule has 4 heteroatoms. The fraction of sp³-hybridized carbons (Fsp3) is 0.286. The summed E-state index contributed by atoms with van der Waals surface area (Å²) in [5.41, 5.74) is 7.24. The predicted molar refractivity (Wildman–Crippen MR) is 45.5 cm³/mol. The first kappa shape index (κ1) is 8.07. The first-order valence-electron chi connectivity index (χ1n) is 3.25. The lowest BCUT2D eigenvalue weighted by Gasteiger charge is -1.99. The highest BCUT2D eigenvalue weighted by molar-refractivity contribution is 7.08. The number of primary amides is 1. The molecular formula is C7H10N2OS. The second kappa shape index (κ2) is 3.39. The molecule has 0 aromatic carbocycles. The molecule has 1 aromatic rings. The van der Waals surface area contributed by atoms with E-state index in [9.17, 15) is 4.79 Å². The van der Waals surface area contributed by atoms with Gasteiger partial charge in [0.2, 0.25) is 0 Å². The minimum Gasteiger partial charge on any atom is -0.352 e. The molecule has 0 spiro atoms. The van der Waals surface area contributed by atoms with E-state index in [1.54, 1.807) is 11.3 Å². The molecule has 0 atom stereocenters. The maximum atomic E-state index is 10.3. The van der Waals surface area contributed by atoms with Gasteiger partial charge in [-0.25, -0.2) is 4.79 Å². The SMILES string of the molecule is Cc1cscc1CNC(N)=O. The van der Waals surface area contributed by atoms with E-state index in [0.29, 0.717) is 6.54 Å². The van der Waals surface area contributed by atoms with Crippen LogP contribution in [-0.4, -0.2) is 6.03 Å². The minimum absolute atomic E-state index is 0.476. The minimum atomic E-state index is -0.476. The molecule has 2 amide bonds. The van der Waals surface area contributed by atoms with Crippen LogP contribution in [0, 0.1) is 6.92 Å². The van der Waals surface area contributed by atoms with Gasteiger partial charge in [0.05, 0.1) is 0 Å². The number of nitrogens with two attached hydrogens (primary N) is 1. The molecule has 0 aliphatic heterocycles. The number of nitrogens with one attached hydrogen (secondary N) is 1. The molecule has 0 bridgehead atoms. The van der Waals surface area contributed by atoms with Gasteiger partial charge in [0, 0.05) is 6.54 Å². The molecule has 0 aliphatic carbocycles. The number of aryl methyl sites for hydroxylation is 1.